The molecule has 1 aromatic rings. The molecule has 1 N–H and O–H groups in total. The van der Waals surface area contributed by atoms with Crippen LogP contribution in [0.25, 0.3) is 0 Å². The fourth-order valence-electron chi connectivity index (χ4n) is 1.25. The molecule has 0 aliphatic carbocycles. The molecule has 1 rings (SSSR count). The Kier molecular flexibility index (Phi) is 4.42. The van der Waals surface area contributed by atoms with Crippen LogP contribution in [0.5, 0.6) is 0 Å². The monoisotopic (exact) mass is 213 g/mol. The van der Waals surface area contributed by atoms with Gasteiger partial charge in [0.25, 0.3) is 0 Å². The minimum absolute atomic E-state index is 0.164. The van der Waals surface area contributed by atoms with E-state index in [9.17, 15) is 4.39 Å². The average Bonchev–Trinajstić information content (AvgIpc) is 2.09. The number of thioether (sulfide) groups is 1. The van der Waals surface area contributed by atoms with Gasteiger partial charge in [-0.3, -0.25) is 0 Å². The maximum atomic E-state index is 13.0. The van der Waals surface area contributed by atoms with Crippen LogP contribution in [0.1, 0.15) is 19.4 Å². The van der Waals surface area contributed by atoms with Crippen LogP contribution in [-0.4, -0.2) is 12.3 Å². The van der Waals surface area contributed by atoms with Gasteiger partial charge in [-0.05, 0) is 30.8 Å². The lowest BCUT2D eigenvalue weighted by atomic mass is 10.2. The second kappa shape index (κ2) is 5.37. The van der Waals surface area contributed by atoms with Crippen LogP contribution >= 0.6 is 11.8 Å². The predicted octanol–water partition coefficient (Wildman–Crippen LogP) is 3.05. The molecule has 0 spiro atoms. The van der Waals surface area contributed by atoms with E-state index in [1.54, 1.807) is 17.8 Å². The van der Waals surface area contributed by atoms with Gasteiger partial charge in [-0.25, -0.2) is 4.39 Å². The first-order chi connectivity index (χ1) is 6.63. The molecule has 1 aromatic carbocycles. The number of rotatable bonds is 4. The lowest BCUT2D eigenvalue weighted by Gasteiger charge is -2.10. The Labute approximate surface area is 89.1 Å². The first kappa shape index (κ1) is 11.5. The largest absolute Gasteiger partial charge is 0.316 e. The summed E-state index contributed by atoms with van der Waals surface area (Å²) in [4.78, 5) is 1.16. The van der Waals surface area contributed by atoms with Crippen molar-refractivity contribution in [3.05, 3.63) is 29.6 Å². The second-order valence-electron chi connectivity index (χ2n) is 3.45. The Morgan fingerprint density at radius 3 is 2.71 bits per heavy atom. The van der Waals surface area contributed by atoms with E-state index < -0.39 is 0 Å². The van der Waals surface area contributed by atoms with Gasteiger partial charge in [0.05, 0.1) is 0 Å². The first-order valence-corrected chi connectivity index (χ1v) is 5.61. The van der Waals surface area contributed by atoms with Crippen molar-refractivity contribution in [1.82, 2.24) is 5.32 Å². The smallest absolute Gasteiger partial charge is 0.123 e. The van der Waals surface area contributed by atoms with Gasteiger partial charge in [-0.15, -0.1) is 11.8 Å². The molecule has 0 aliphatic heterocycles. The van der Waals surface area contributed by atoms with Crippen molar-refractivity contribution in [3.8, 4) is 0 Å². The van der Waals surface area contributed by atoms with Gasteiger partial charge in [0.15, 0.2) is 0 Å². The minimum atomic E-state index is -0.164. The minimum Gasteiger partial charge on any atom is -0.316 e. The molecule has 0 heterocycles. The van der Waals surface area contributed by atoms with Crippen LogP contribution in [-0.2, 0) is 6.54 Å². The molecule has 78 valence electrons. The van der Waals surface area contributed by atoms with E-state index in [0.29, 0.717) is 11.8 Å². The molecule has 0 saturated heterocycles. The fourth-order valence-corrected chi connectivity index (χ4v) is 2.18. The molecule has 1 nitrogen and oxygen atoms in total. The third-order valence-electron chi connectivity index (χ3n) is 1.75. The number of hydrogen-bond donors (Lipinski definition) is 1. The molecule has 0 aromatic heterocycles. The summed E-state index contributed by atoms with van der Waals surface area (Å²) in [5.74, 6) is -0.164. The number of halogens is 1. The van der Waals surface area contributed by atoms with Crippen molar-refractivity contribution >= 4 is 11.8 Å². The summed E-state index contributed by atoms with van der Waals surface area (Å²) in [6.07, 6.45) is 0. The van der Waals surface area contributed by atoms with Gasteiger partial charge < -0.3 is 5.32 Å². The molecular formula is C11H16FNS. The summed E-state index contributed by atoms with van der Waals surface area (Å²) < 4.78 is 13.0. The summed E-state index contributed by atoms with van der Waals surface area (Å²) in [6, 6.07) is 4.97. The second-order valence-corrected chi connectivity index (χ2v) is 5.07. The lowest BCUT2D eigenvalue weighted by Crippen LogP contribution is -2.07. The molecule has 0 bridgehead atoms. The van der Waals surface area contributed by atoms with Crippen LogP contribution in [0.3, 0.4) is 0 Å². The van der Waals surface area contributed by atoms with E-state index in [0.717, 1.165) is 10.5 Å². The molecule has 0 saturated carbocycles. The lowest BCUT2D eigenvalue weighted by molar-refractivity contribution is 0.621. The van der Waals surface area contributed by atoms with Crippen LogP contribution in [0.4, 0.5) is 4.39 Å². The Bertz CT molecular complexity index is 299. The quantitative estimate of drug-likeness (QED) is 0.771. The molecule has 3 heteroatoms. The molecule has 0 amide bonds. The Hall–Kier alpha value is -0.540. The highest BCUT2D eigenvalue weighted by molar-refractivity contribution is 8.00. The molecule has 0 fully saturated rings. The standard InChI is InChI=1S/C11H16FNS/c1-8(2)14-11-5-4-10(12)6-9(11)7-13-3/h4-6,8,13H,7H2,1-3H3. The highest BCUT2D eigenvalue weighted by atomic mass is 32.2. The van der Waals surface area contributed by atoms with E-state index >= 15 is 0 Å². The Morgan fingerprint density at radius 1 is 1.43 bits per heavy atom. The molecular weight excluding hydrogens is 197 g/mol. The van der Waals surface area contributed by atoms with E-state index in [2.05, 4.69) is 19.2 Å². The zero-order chi connectivity index (χ0) is 10.6. The normalized spacial score (nSPS) is 10.9. The summed E-state index contributed by atoms with van der Waals surface area (Å²) in [5, 5.41) is 3.57. The van der Waals surface area contributed by atoms with Crippen LogP contribution in [0.2, 0.25) is 0 Å². The maximum absolute atomic E-state index is 13.0. The highest BCUT2D eigenvalue weighted by Crippen LogP contribution is 2.27. The molecule has 0 atom stereocenters. The number of hydrogen-bond acceptors (Lipinski definition) is 2. The van der Waals surface area contributed by atoms with E-state index in [1.165, 1.54) is 6.07 Å². The predicted molar refractivity (Wildman–Crippen MR) is 60.2 cm³/mol. The first-order valence-electron chi connectivity index (χ1n) is 4.73. The van der Waals surface area contributed by atoms with Crippen LogP contribution in [0.15, 0.2) is 23.1 Å². The Balaban J connectivity index is 2.89. The third-order valence-corrected chi connectivity index (χ3v) is 2.88. The van der Waals surface area contributed by atoms with Gasteiger partial charge in [-0.1, -0.05) is 13.8 Å². The van der Waals surface area contributed by atoms with E-state index in [4.69, 9.17) is 0 Å². The van der Waals surface area contributed by atoms with Crippen molar-refractivity contribution < 1.29 is 4.39 Å². The fraction of sp³-hybridized carbons (Fsp3) is 0.455. The van der Waals surface area contributed by atoms with Crippen molar-refractivity contribution in [1.29, 1.82) is 0 Å². The van der Waals surface area contributed by atoms with Crippen molar-refractivity contribution in [2.75, 3.05) is 7.05 Å². The molecule has 14 heavy (non-hydrogen) atoms. The van der Waals surface area contributed by atoms with Gasteiger partial charge in [0.2, 0.25) is 0 Å². The van der Waals surface area contributed by atoms with Crippen LogP contribution in [0, 0.1) is 5.82 Å². The maximum Gasteiger partial charge on any atom is 0.123 e. The Morgan fingerprint density at radius 2 is 2.14 bits per heavy atom. The van der Waals surface area contributed by atoms with Crippen molar-refractivity contribution in [2.45, 2.75) is 30.5 Å². The summed E-state index contributed by atoms with van der Waals surface area (Å²) >= 11 is 1.77. The SMILES string of the molecule is CNCc1cc(F)ccc1SC(C)C. The molecule has 0 aliphatic rings. The van der Waals surface area contributed by atoms with Gasteiger partial charge in [0.1, 0.15) is 5.82 Å². The van der Waals surface area contributed by atoms with E-state index in [-0.39, 0.29) is 5.82 Å². The summed E-state index contributed by atoms with van der Waals surface area (Å²) in [7, 11) is 1.87. The number of nitrogens with one attached hydrogen (secondary N) is 1. The van der Waals surface area contributed by atoms with Crippen molar-refractivity contribution in [2.24, 2.45) is 0 Å². The zero-order valence-corrected chi connectivity index (χ0v) is 9.62. The van der Waals surface area contributed by atoms with Crippen LogP contribution < -0.4 is 5.32 Å². The summed E-state index contributed by atoms with van der Waals surface area (Å²) in [6.45, 7) is 4.99. The molecule has 0 radical (unpaired) electrons. The molecule has 0 unspecified atom stereocenters. The van der Waals surface area contributed by atoms with Crippen molar-refractivity contribution in [3.63, 3.8) is 0 Å². The number of benzene rings is 1. The highest BCUT2D eigenvalue weighted by Gasteiger charge is 2.05. The zero-order valence-electron chi connectivity index (χ0n) is 8.80. The topological polar surface area (TPSA) is 12.0 Å². The van der Waals surface area contributed by atoms with Gasteiger partial charge in [-0.2, -0.15) is 0 Å². The summed E-state index contributed by atoms with van der Waals surface area (Å²) in [5.41, 5.74) is 1.03. The third kappa shape index (κ3) is 3.31. The van der Waals surface area contributed by atoms with Gasteiger partial charge >= 0.3 is 0 Å². The van der Waals surface area contributed by atoms with Gasteiger partial charge in [0, 0.05) is 16.7 Å². The average molecular weight is 213 g/mol. The van der Waals surface area contributed by atoms with E-state index in [1.807, 2.05) is 13.1 Å².